The molecule has 5 nitrogen and oxygen atoms in total. The third-order valence-corrected chi connectivity index (χ3v) is 2.86. The molecular weight excluding hydrogens is 222 g/mol. The summed E-state index contributed by atoms with van der Waals surface area (Å²) in [6, 6.07) is 1.83. The van der Waals surface area contributed by atoms with Crippen LogP contribution in [0.2, 0.25) is 0 Å². The number of carbonyl (C=O) groups excluding carboxylic acids is 1. The van der Waals surface area contributed by atoms with E-state index in [0.29, 0.717) is 31.9 Å². The zero-order valence-electron chi connectivity index (χ0n) is 10.1. The SMILES string of the molecule is CCOC(=O)N1CCC(O)c2cc(C)oc2C1. The van der Waals surface area contributed by atoms with Gasteiger partial charge in [0.25, 0.3) is 0 Å². The molecule has 2 heterocycles. The van der Waals surface area contributed by atoms with Crippen molar-refractivity contribution in [1.82, 2.24) is 4.90 Å². The van der Waals surface area contributed by atoms with Gasteiger partial charge in [-0.3, -0.25) is 0 Å². The number of hydrogen-bond donors (Lipinski definition) is 1. The fourth-order valence-electron chi connectivity index (χ4n) is 2.04. The number of furan rings is 1. The number of carbonyl (C=O) groups is 1. The van der Waals surface area contributed by atoms with Gasteiger partial charge in [0.15, 0.2) is 0 Å². The number of fused-ring (bicyclic) bond motifs is 1. The van der Waals surface area contributed by atoms with Crippen molar-refractivity contribution < 1.29 is 19.1 Å². The van der Waals surface area contributed by atoms with Crippen LogP contribution in [0.5, 0.6) is 0 Å². The highest BCUT2D eigenvalue weighted by Gasteiger charge is 2.27. The van der Waals surface area contributed by atoms with E-state index in [1.165, 1.54) is 0 Å². The lowest BCUT2D eigenvalue weighted by molar-refractivity contribution is 0.0960. The average Bonchev–Trinajstić information content (AvgIpc) is 2.58. The standard InChI is InChI=1S/C12H17NO4/c1-3-16-12(15)13-5-4-10(14)9-6-8(2)17-11(9)7-13/h6,10,14H,3-5,7H2,1-2H3. The molecule has 1 aliphatic heterocycles. The van der Waals surface area contributed by atoms with E-state index in [9.17, 15) is 9.90 Å². The molecule has 94 valence electrons. The molecule has 0 bridgehead atoms. The smallest absolute Gasteiger partial charge is 0.410 e. The second-order valence-electron chi connectivity index (χ2n) is 4.16. The topological polar surface area (TPSA) is 62.9 Å². The highest BCUT2D eigenvalue weighted by Crippen LogP contribution is 2.29. The van der Waals surface area contributed by atoms with Gasteiger partial charge in [0.2, 0.25) is 0 Å². The normalized spacial score (nSPS) is 19.7. The van der Waals surface area contributed by atoms with Crippen molar-refractivity contribution in [3.63, 3.8) is 0 Å². The van der Waals surface area contributed by atoms with Gasteiger partial charge in [0, 0.05) is 12.1 Å². The predicted octanol–water partition coefficient (Wildman–Crippen LogP) is 1.98. The summed E-state index contributed by atoms with van der Waals surface area (Å²) in [5.74, 6) is 1.40. The molecule has 0 aliphatic carbocycles. The van der Waals surface area contributed by atoms with E-state index in [4.69, 9.17) is 9.15 Å². The highest BCUT2D eigenvalue weighted by atomic mass is 16.6. The largest absolute Gasteiger partial charge is 0.464 e. The van der Waals surface area contributed by atoms with Gasteiger partial charge in [-0.15, -0.1) is 0 Å². The van der Waals surface area contributed by atoms with Crippen LogP contribution in [0, 0.1) is 6.92 Å². The Bertz CT molecular complexity index is 413. The van der Waals surface area contributed by atoms with E-state index in [-0.39, 0.29) is 6.09 Å². The molecule has 17 heavy (non-hydrogen) atoms. The fraction of sp³-hybridized carbons (Fsp3) is 0.583. The van der Waals surface area contributed by atoms with Gasteiger partial charge in [0.1, 0.15) is 11.5 Å². The van der Waals surface area contributed by atoms with Gasteiger partial charge < -0.3 is 19.2 Å². The maximum absolute atomic E-state index is 11.7. The molecule has 5 heteroatoms. The Hall–Kier alpha value is -1.49. The molecule has 0 spiro atoms. The molecule has 1 aromatic heterocycles. The summed E-state index contributed by atoms with van der Waals surface area (Å²) in [4.78, 5) is 13.2. The first-order valence-corrected chi connectivity index (χ1v) is 5.80. The minimum absolute atomic E-state index is 0.349. The minimum atomic E-state index is -0.568. The van der Waals surface area contributed by atoms with Gasteiger partial charge in [-0.05, 0) is 26.3 Å². The molecule has 0 saturated heterocycles. The Morgan fingerprint density at radius 1 is 1.71 bits per heavy atom. The molecule has 1 aromatic rings. The van der Waals surface area contributed by atoms with E-state index >= 15 is 0 Å². The first kappa shape index (κ1) is 12.0. The Morgan fingerprint density at radius 3 is 3.18 bits per heavy atom. The molecule has 1 aliphatic rings. The van der Waals surface area contributed by atoms with Crippen LogP contribution in [0.15, 0.2) is 10.5 Å². The van der Waals surface area contributed by atoms with Crippen LogP contribution in [-0.4, -0.2) is 29.3 Å². The number of aliphatic hydroxyl groups is 1. The van der Waals surface area contributed by atoms with Crippen molar-refractivity contribution in [3.8, 4) is 0 Å². The summed E-state index contributed by atoms with van der Waals surface area (Å²) >= 11 is 0. The summed E-state index contributed by atoms with van der Waals surface area (Å²) in [5, 5.41) is 9.95. The van der Waals surface area contributed by atoms with Crippen LogP contribution in [-0.2, 0) is 11.3 Å². The van der Waals surface area contributed by atoms with Crippen LogP contribution in [0.25, 0.3) is 0 Å². The molecule has 0 radical (unpaired) electrons. The van der Waals surface area contributed by atoms with E-state index in [0.717, 1.165) is 11.3 Å². The Morgan fingerprint density at radius 2 is 2.47 bits per heavy atom. The van der Waals surface area contributed by atoms with Gasteiger partial charge >= 0.3 is 6.09 Å². The van der Waals surface area contributed by atoms with Crippen LogP contribution < -0.4 is 0 Å². The second kappa shape index (κ2) is 4.79. The van der Waals surface area contributed by atoms with Crippen molar-refractivity contribution in [1.29, 1.82) is 0 Å². The number of rotatable bonds is 1. The maximum atomic E-state index is 11.7. The molecular formula is C12H17NO4. The molecule has 0 fully saturated rings. The van der Waals surface area contributed by atoms with Crippen molar-refractivity contribution in [2.24, 2.45) is 0 Å². The monoisotopic (exact) mass is 239 g/mol. The fourth-order valence-corrected chi connectivity index (χ4v) is 2.04. The Kier molecular flexibility index (Phi) is 3.38. The van der Waals surface area contributed by atoms with Gasteiger partial charge in [-0.25, -0.2) is 4.79 Å². The molecule has 2 rings (SSSR count). The number of nitrogens with zero attached hydrogens (tertiary/aromatic N) is 1. The molecule has 0 saturated carbocycles. The molecule has 1 N–H and O–H groups in total. The maximum Gasteiger partial charge on any atom is 0.410 e. The first-order chi connectivity index (χ1) is 8.11. The molecule has 1 atom stereocenters. The van der Waals surface area contributed by atoms with Crippen LogP contribution >= 0.6 is 0 Å². The van der Waals surface area contributed by atoms with Crippen LogP contribution in [0.3, 0.4) is 0 Å². The lowest BCUT2D eigenvalue weighted by atomic mass is 10.1. The number of hydrogen-bond acceptors (Lipinski definition) is 4. The molecule has 1 amide bonds. The van der Waals surface area contributed by atoms with Gasteiger partial charge in [-0.2, -0.15) is 0 Å². The van der Waals surface area contributed by atoms with Gasteiger partial charge in [0.05, 0.1) is 19.3 Å². The van der Waals surface area contributed by atoms with Crippen molar-refractivity contribution in [2.45, 2.75) is 32.9 Å². The summed E-state index contributed by atoms with van der Waals surface area (Å²) in [7, 11) is 0. The Balaban J connectivity index is 2.19. The summed E-state index contributed by atoms with van der Waals surface area (Å²) in [6.45, 7) is 4.79. The van der Waals surface area contributed by atoms with E-state index < -0.39 is 6.10 Å². The minimum Gasteiger partial charge on any atom is -0.464 e. The number of aliphatic hydroxyl groups excluding tert-OH is 1. The van der Waals surface area contributed by atoms with Gasteiger partial charge in [-0.1, -0.05) is 0 Å². The zero-order chi connectivity index (χ0) is 12.4. The van der Waals surface area contributed by atoms with Crippen LogP contribution in [0.4, 0.5) is 4.79 Å². The second-order valence-corrected chi connectivity index (χ2v) is 4.16. The van der Waals surface area contributed by atoms with E-state index in [1.807, 2.05) is 13.0 Å². The number of aryl methyl sites for hydroxylation is 1. The number of ether oxygens (including phenoxy) is 1. The van der Waals surface area contributed by atoms with E-state index in [2.05, 4.69) is 0 Å². The average molecular weight is 239 g/mol. The number of amides is 1. The molecule has 0 aromatic carbocycles. The molecule has 1 unspecified atom stereocenters. The van der Waals surface area contributed by atoms with Crippen molar-refractivity contribution >= 4 is 6.09 Å². The quantitative estimate of drug-likeness (QED) is 0.814. The predicted molar refractivity (Wildman–Crippen MR) is 60.5 cm³/mol. The van der Waals surface area contributed by atoms with Crippen molar-refractivity contribution in [2.75, 3.05) is 13.2 Å². The lowest BCUT2D eigenvalue weighted by Crippen LogP contribution is -2.31. The Labute approximate surface area is 100.0 Å². The zero-order valence-corrected chi connectivity index (χ0v) is 10.1. The lowest BCUT2D eigenvalue weighted by Gasteiger charge is -2.18. The van der Waals surface area contributed by atoms with E-state index in [1.54, 1.807) is 11.8 Å². The highest BCUT2D eigenvalue weighted by molar-refractivity contribution is 5.67. The summed E-state index contributed by atoms with van der Waals surface area (Å²) < 4.78 is 10.5. The summed E-state index contributed by atoms with van der Waals surface area (Å²) in [6.07, 6.45) is -0.423. The third-order valence-electron chi connectivity index (χ3n) is 2.86. The van der Waals surface area contributed by atoms with Crippen LogP contribution in [0.1, 0.15) is 36.5 Å². The first-order valence-electron chi connectivity index (χ1n) is 5.80. The summed E-state index contributed by atoms with van der Waals surface area (Å²) in [5.41, 5.74) is 0.786. The van der Waals surface area contributed by atoms with Crippen molar-refractivity contribution in [3.05, 3.63) is 23.2 Å². The third kappa shape index (κ3) is 2.44.